The van der Waals surface area contributed by atoms with Crippen molar-refractivity contribution in [2.45, 2.75) is 63.1 Å². The maximum atomic E-state index is 13.7. The number of benzene rings is 1. The molecule has 0 spiro atoms. The predicted molar refractivity (Wildman–Crippen MR) is 104 cm³/mol. The third kappa shape index (κ3) is 3.15. The summed E-state index contributed by atoms with van der Waals surface area (Å²) in [6.07, 6.45) is 5.72. The highest BCUT2D eigenvalue weighted by Gasteiger charge is 2.49. The SMILES string of the molecule is COc1ccc(NC2(C(=O)N3C[C@H]4CCCN4C(=O)[C@H]3C)CCCC2)cc1. The second-order valence-corrected chi connectivity index (χ2v) is 8.10. The van der Waals surface area contributed by atoms with Crippen LogP contribution in [0.25, 0.3) is 0 Å². The van der Waals surface area contributed by atoms with Gasteiger partial charge in [-0.2, -0.15) is 0 Å². The number of carbonyl (C=O) groups is 2. The predicted octanol–water partition coefficient (Wildman–Crippen LogP) is 2.64. The molecule has 2 aliphatic heterocycles. The Bertz CT molecular complexity index is 712. The molecule has 1 aromatic rings. The number of carbonyl (C=O) groups excluding carboxylic acids is 2. The van der Waals surface area contributed by atoms with Crippen molar-refractivity contribution in [2.24, 2.45) is 0 Å². The minimum absolute atomic E-state index is 0.0863. The van der Waals surface area contributed by atoms with Gasteiger partial charge < -0.3 is 19.9 Å². The number of hydrogen-bond acceptors (Lipinski definition) is 4. The van der Waals surface area contributed by atoms with Crippen LogP contribution in [0.3, 0.4) is 0 Å². The number of ether oxygens (including phenoxy) is 1. The fourth-order valence-electron chi connectivity index (χ4n) is 4.93. The Morgan fingerprint density at radius 3 is 2.56 bits per heavy atom. The first kappa shape index (κ1) is 18.1. The summed E-state index contributed by atoms with van der Waals surface area (Å²) in [5.74, 6) is 0.988. The number of anilines is 1. The maximum absolute atomic E-state index is 13.7. The molecule has 1 aromatic carbocycles. The van der Waals surface area contributed by atoms with E-state index < -0.39 is 5.54 Å². The quantitative estimate of drug-likeness (QED) is 0.884. The van der Waals surface area contributed by atoms with Gasteiger partial charge >= 0.3 is 0 Å². The largest absolute Gasteiger partial charge is 0.497 e. The van der Waals surface area contributed by atoms with E-state index in [9.17, 15) is 9.59 Å². The molecule has 6 heteroatoms. The molecule has 2 atom stereocenters. The van der Waals surface area contributed by atoms with Crippen LogP contribution in [0, 0.1) is 0 Å². The number of nitrogens with one attached hydrogen (secondary N) is 1. The minimum atomic E-state index is -0.607. The van der Waals surface area contributed by atoms with Crippen molar-refractivity contribution in [2.75, 3.05) is 25.5 Å². The van der Waals surface area contributed by atoms with Gasteiger partial charge in [-0.25, -0.2) is 0 Å². The van der Waals surface area contributed by atoms with Gasteiger partial charge in [-0.15, -0.1) is 0 Å². The normalized spacial score (nSPS) is 26.8. The summed E-state index contributed by atoms with van der Waals surface area (Å²) in [6, 6.07) is 7.53. The van der Waals surface area contributed by atoms with Gasteiger partial charge in [0, 0.05) is 24.8 Å². The van der Waals surface area contributed by atoms with Crippen molar-refractivity contribution in [1.82, 2.24) is 9.80 Å². The highest BCUT2D eigenvalue weighted by atomic mass is 16.5. The number of methoxy groups -OCH3 is 1. The molecule has 2 heterocycles. The molecule has 6 nitrogen and oxygen atoms in total. The molecular weight excluding hydrogens is 342 g/mol. The molecule has 0 aromatic heterocycles. The van der Waals surface area contributed by atoms with E-state index >= 15 is 0 Å². The number of fused-ring (bicyclic) bond motifs is 1. The van der Waals surface area contributed by atoms with Gasteiger partial charge in [-0.3, -0.25) is 9.59 Å². The van der Waals surface area contributed by atoms with Gasteiger partial charge in [0.25, 0.3) is 0 Å². The van der Waals surface area contributed by atoms with Crippen molar-refractivity contribution in [3.63, 3.8) is 0 Å². The van der Waals surface area contributed by atoms with Gasteiger partial charge in [0.1, 0.15) is 17.3 Å². The zero-order valence-corrected chi connectivity index (χ0v) is 16.2. The van der Waals surface area contributed by atoms with Gasteiger partial charge in [0.15, 0.2) is 0 Å². The van der Waals surface area contributed by atoms with Crippen LogP contribution in [0.1, 0.15) is 45.4 Å². The zero-order valence-electron chi connectivity index (χ0n) is 16.2. The third-order valence-corrected chi connectivity index (χ3v) is 6.49. The third-order valence-electron chi connectivity index (χ3n) is 6.49. The molecular formula is C21H29N3O3. The van der Waals surface area contributed by atoms with E-state index in [2.05, 4.69) is 5.32 Å². The van der Waals surface area contributed by atoms with E-state index in [0.717, 1.165) is 56.5 Å². The molecule has 4 rings (SSSR count). The number of amides is 2. The Morgan fingerprint density at radius 1 is 1.19 bits per heavy atom. The standard InChI is InChI=1S/C21H29N3O3/c1-15-19(25)23-13-5-6-17(23)14-24(15)20(26)21(11-3-4-12-21)22-16-7-9-18(27-2)10-8-16/h7-10,15,17,22H,3-6,11-14H2,1-2H3/t15-,17-/m1/s1. The molecule has 2 amide bonds. The Hall–Kier alpha value is -2.24. The van der Waals surface area contributed by atoms with E-state index in [0.29, 0.717) is 6.54 Å². The van der Waals surface area contributed by atoms with Crippen molar-refractivity contribution in [1.29, 1.82) is 0 Å². The average Bonchev–Trinajstić information content (AvgIpc) is 3.35. The Kier molecular flexibility index (Phi) is 4.74. The first-order valence-corrected chi connectivity index (χ1v) is 10.1. The molecule has 146 valence electrons. The van der Waals surface area contributed by atoms with Gasteiger partial charge in [0.2, 0.25) is 11.8 Å². The molecule has 3 aliphatic rings. The summed E-state index contributed by atoms with van der Waals surface area (Å²) < 4.78 is 5.23. The lowest BCUT2D eigenvalue weighted by Crippen LogP contribution is -2.64. The molecule has 27 heavy (non-hydrogen) atoms. The first-order chi connectivity index (χ1) is 13.0. The summed E-state index contributed by atoms with van der Waals surface area (Å²) in [6.45, 7) is 3.38. The lowest BCUT2D eigenvalue weighted by Gasteiger charge is -2.45. The van der Waals surface area contributed by atoms with E-state index in [1.807, 2.05) is 41.0 Å². The molecule has 1 aliphatic carbocycles. The molecule has 1 saturated carbocycles. The lowest BCUT2D eigenvalue weighted by molar-refractivity contribution is -0.154. The highest BCUT2D eigenvalue weighted by molar-refractivity contribution is 5.95. The van der Waals surface area contributed by atoms with Crippen LogP contribution < -0.4 is 10.1 Å². The molecule has 3 fully saturated rings. The van der Waals surface area contributed by atoms with E-state index in [4.69, 9.17) is 4.74 Å². The topological polar surface area (TPSA) is 61.9 Å². The summed E-state index contributed by atoms with van der Waals surface area (Å²) >= 11 is 0. The van der Waals surface area contributed by atoms with Crippen LogP contribution in [-0.2, 0) is 9.59 Å². The van der Waals surface area contributed by atoms with Crippen LogP contribution in [0.15, 0.2) is 24.3 Å². The Morgan fingerprint density at radius 2 is 1.89 bits per heavy atom. The smallest absolute Gasteiger partial charge is 0.248 e. The van der Waals surface area contributed by atoms with Gasteiger partial charge in [-0.1, -0.05) is 12.8 Å². The molecule has 2 saturated heterocycles. The number of rotatable bonds is 4. The van der Waals surface area contributed by atoms with Crippen molar-refractivity contribution in [3.05, 3.63) is 24.3 Å². The van der Waals surface area contributed by atoms with E-state index in [1.165, 1.54) is 0 Å². The molecule has 0 radical (unpaired) electrons. The summed E-state index contributed by atoms with van der Waals surface area (Å²) in [5, 5.41) is 3.53. The minimum Gasteiger partial charge on any atom is -0.497 e. The monoisotopic (exact) mass is 371 g/mol. The fourth-order valence-corrected chi connectivity index (χ4v) is 4.93. The maximum Gasteiger partial charge on any atom is 0.248 e. The van der Waals surface area contributed by atoms with Crippen LogP contribution in [-0.4, -0.2) is 59.4 Å². The molecule has 0 unspecified atom stereocenters. The van der Waals surface area contributed by atoms with Crippen LogP contribution in [0.2, 0.25) is 0 Å². The second kappa shape index (κ2) is 7.06. The average molecular weight is 371 g/mol. The van der Waals surface area contributed by atoms with Crippen molar-refractivity contribution in [3.8, 4) is 5.75 Å². The second-order valence-electron chi connectivity index (χ2n) is 8.10. The number of piperazine rings is 1. The Labute approximate surface area is 160 Å². The van der Waals surface area contributed by atoms with Crippen LogP contribution >= 0.6 is 0 Å². The Balaban J connectivity index is 1.57. The molecule has 0 bridgehead atoms. The van der Waals surface area contributed by atoms with Crippen LogP contribution in [0.5, 0.6) is 5.75 Å². The number of nitrogens with zero attached hydrogens (tertiary/aromatic N) is 2. The fraction of sp³-hybridized carbons (Fsp3) is 0.619. The van der Waals surface area contributed by atoms with E-state index in [-0.39, 0.29) is 23.9 Å². The first-order valence-electron chi connectivity index (χ1n) is 10.1. The lowest BCUT2D eigenvalue weighted by atomic mass is 9.92. The van der Waals surface area contributed by atoms with Gasteiger partial charge in [-0.05, 0) is 56.9 Å². The summed E-state index contributed by atoms with van der Waals surface area (Å²) in [5.41, 5.74) is 0.314. The zero-order chi connectivity index (χ0) is 19.0. The summed E-state index contributed by atoms with van der Waals surface area (Å²) in [4.78, 5) is 30.3. The van der Waals surface area contributed by atoms with Gasteiger partial charge in [0.05, 0.1) is 7.11 Å². The highest BCUT2D eigenvalue weighted by Crippen LogP contribution is 2.37. The van der Waals surface area contributed by atoms with Crippen molar-refractivity contribution < 1.29 is 14.3 Å². The van der Waals surface area contributed by atoms with Crippen molar-refractivity contribution >= 4 is 17.5 Å². The van der Waals surface area contributed by atoms with E-state index in [1.54, 1.807) is 7.11 Å². The molecule has 1 N–H and O–H groups in total. The van der Waals surface area contributed by atoms with Crippen LogP contribution in [0.4, 0.5) is 5.69 Å². The number of hydrogen-bond donors (Lipinski definition) is 1. The summed E-state index contributed by atoms with van der Waals surface area (Å²) in [7, 11) is 1.64.